The van der Waals surface area contributed by atoms with Crippen LogP contribution in [0.4, 0.5) is 68.2 Å². The molecule has 133 heavy (non-hydrogen) atoms. The molecule has 0 amide bonds. The van der Waals surface area contributed by atoms with E-state index in [1.807, 2.05) is 0 Å². The van der Waals surface area contributed by atoms with Gasteiger partial charge in [-0.25, -0.2) is 0 Å². The molecule has 25 aromatic rings. The Hall–Kier alpha value is -17.8. The Bertz CT molecular complexity index is 8710. The molecule has 0 N–H and O–H groups in total. The summed E-state index contributed by atoms with van der Waals surface area (Å²) in [5.74, 6) is 0. The minimum Gasteiger partial charge on any atom is -0.310 e. The van der Waals surface area contributed by atoms with E-state index >= 15 is 0 Å². The molecule has 22 aromatic carbocycles. The largest absolute Gasteiger partial charge is 0.310 e. The molecule has 7 heteroatoms. The molecular weight excluding hydrogens is 1610 g/mol. The smallest absolute Gasteiger partial charge is 0.0546 e. The monoisotopic (exact) mass is 1690 g/mol. The topological polar surface area (TPSA) is 27.8 Å². The lowest BCUT2D eigenvalue weighted by atomic mass is 9.87. The predicted octanol–water partition coefficient (Wildman–Crippen LogP) is 35.0. The van der Waals surface area contributed by atoms with E-state index in [1.165, 1.54) is 176 Å². The normalized spacial score (nSPS) is 12.0. The van der Waals surface area contributed by atoms with Crippen LogP contribution in [-0.2, 0) is 0 Å². The Morgan fingerprint density at radius 3 is 0.835 bits per heavy atom. The molecule has 7 nitrogen and oxygen atoms in total. The third-order valence-electron chi connectivity index (χ3n) is 27.3. The number of hydrogen-bond donors (Lipinski definition) is 0. The van der Waals surface area contributed by atoms with E-state index < -0.39 is 0 Å². The van der Waals surface area contributed by atoms with Crippen molar-refractivity contribution in [2.75, 3.05) is 19.6 Å². The first kappa shape index (κ1) is 76.5. The molecular formula is C126H83N7. The number of hydrogen-bond acceptors (Lipinski definition) is 4. The first-order chi connectivity index (χ1) is 66.0. The van der Waals surface area contributed by atoms with Crippen molar-refractivity contribution in [2.45, 2.75) is 0 Å². The summed E-state index contributed by atoms with van der Waals surface area (Å²) in [5, 5.41) is 14.7. The highest BCUT2D eigenvalue weighted by atomic mass is 15.2. The molecule has 0 spiro atoms. The van der Waals surface area contributed by atoms with Gasteiger partial charge in [-0.15, -0.1) is 0 Å². The van der Waals surface area contributed by atoms with E-state index in [-0.39, 0.29) is 0 Å². The lowest BCUT2D eigenvalue weighted by Gasteiger charge is -2.34. The van der Waals surface area contributed by atoms with E-state index in [2.05, 4.69) is 537 Å². The zero-order valence-corrected chi connectivity index (χ0v) is 72.6. The molecule has 0 saturated carbocycles. The van der Waals surface area contributed by atoms with Gasteiger partial charge in [-0.1, -0.05) is 315 Å². The second-order valence-corrected chi connectivity index (χ2v) is 34.6. The number of aromatic nitrogens is 3. The molecule has 0 unspecified atom stereocenters. The lowest BCUT2D eigenvalue weighted by Crippen LogP contribution is -2.14. The Morgan fingerprint density at radius 1 is 0.143 bits per heavy atom. The van der Waals surface area contributed by atoms with Crippen LogP contribution in [0.15, 0.2) is 504 Å². The number of anilines is 12. The van der Waals surface area contributed by atoms with Crippen molar-refractivity contribution in [1.29, 1.82) is 0 Å². The zero-order valence-electron chi connectivity index (χ0n) is 72.6. The van der Waals surface area contributed by atoms with Gasteiger partial charge in [0.1, 0.15) is 0 Å². The number of para-hydroxylation sites is 10. The third-order valence-corrected chi connectivity index (χ3v) is 27.3. The van der Waals surface area contributed by atoms with Crippen molar-refractivity contribution in [1.82, 2.24) is 13.7 Å². The molecule has 0 atom stereocenters. The van der Waals surface area contributed by atoms with Gasteiger partial charge in [0.15, 0.2) is 0 Å². The summed E-state index contributed by atoms with van der Waals surface area (Å²) >= 11 is 0. The number of rotatable bonds is 14. The molecule has 0 fully saturated rings. The summed E-state index contributed by atoms with van der Waals surface area (Å²) in [6, 6.07) is 184. The summed E-state index contributed by atoms with van der Waals surface area (Å²) in [6.45, 7) is 0. The maximum atomic E-state index is 2.45. The van der Waals surface area contributed by atoms with Crippen LogP contribution in [0.1, 0.15) is 0 Å². The average molecular weight is 1700 g/mol. The van der Waals surface area contributed by atoms with Crippen LogP contribution in [0, 0.1) is 0 Å². The van der Waals surface area contributed by atoms with Gasteiger partial charge in [0.05, 0.1) is 61.5 Å². The molecule has 622 valence electrons. The zero-order chi connectivity index (χ0) is 87.6. The van der Waals surface area contributed by atoms with Crippen LogP contribution in [0.25, 0.3) is 170 Å². The SMILES string of the molecule is c1ccc(-c2ccc(N(c3ccc(-c4ccc5c6c(cccc46)N(c4ccccc4)c4ccccc4-5)cc3)c3ccc4c(c3)c3ccccc3n4-c3ccccc3)c3ccccc23)cc1.c1ccc(N2c3ccccc3-c3ccc(-c4ccc(N(c5ccc6c(c5)c5ccccc5n6-c5ccccc5)c5ccc6c(c5)c5ccccc5n6-c5ccccc5)cc4)c4cccc2c34)cc1. The first-order valence-electron chi connectivity index (χ1n) is 45.7. The Balaban J connectivity index is 0.000000139. The second kappa shape index (κ2) is 31.6. The van der Waals surface area contributed by atoms with Crippen LogP contribution in [-0.4, -0.2) is 13.7 Å². The Kier molecular flexibility index (Phi) is 18.2. The fourth-order valence-electron chi connectivity index (χ4n) is 21.5. The highest BCUT2D eigenvalue weighted by Gasteiger charge is 2.31. The van der Waals surface area contributed by atoms with E-state index in [4.69, 9.17) is 0 Å². The Labute approximate surface area is 770 Å². The van der Waals surface area contributed by atoms with Crippen molar-refractivity contribution in [3.05, 3.63) is 504 Å². The standard InChI is InChI=1S/C64H42N4.C62H41N3/c1-4-17-44(18-5-1)66-59-28-14-11-24-52(59)56-41-48(35-39-61(56)66)65(49-36-40-62-57(42-49)53-25-12-15-29-60(53)67(62)45-19-6-2-7-20-45)47-33-31-43(32-34-47)50-37-38-55-51-23-10-13-27-58(51)68(46-21-8-3-9-22-46)63-30-16-26-54(50)64(55)63;1-4-17-42(18-5-1)48-38-40-59(51-24-11-10-23-50(48)51)63(47-35-39-60-56(41-47)53-26-13-15-29-58(53)64(60)44-19-6-2-7-20-44)46-33-31-43(32-34-46)49-36-37-55-52-25-12-14-28-57(52)65(45-21-8-3-9-22-45)61-30-16-27-54(49)62(55)61/h1-42H;1-41H. The van der Waals surface area contributed by atoms with Crippen LogP contribution >= 0.6 is 0 Å². The fourth-order valence-corrected chi connectivity index (χ4v) is 21.5. The molecule has 0 bridgehead atoms. The van der Waals surface area contributed by atoms with Crippen LogP contribution < -0.4 is 19.6 Å². The predicted molar refractivity (Wildman–Crippen MR) is 561 cm³/mol. The van der Waals surface area contributed by atoms with E-state index in [1.54, 1.807) is 0 Å². The van der Waals surface area contributed by atoms with Crippen molar-refractivity contribution in [3.63, 3.8) is 0 Å². The molecule has 0 radical (unpaired) electrons. The van der Waals surface area contributed by atoms with Gasteiger partial charge in [-0.2, -0.15) is 0 Å². The van der Waals surface area contributed by atoms with Gasteiger partial charge in [-0.05, 0) is 249 Å². The summed E-state index contributed by atoms with van der Waals surface area (Å²) in [7, 11) is 0. The first-order valence-corrected chi connectivity index (χ1v) is 45.7. The highest BCUT2D eigenvalue weighted by Crippen LogP contribution is 2.56. The van der Waals surface area contributed by atoms with Gasteiger partial charge in [0.25, 0.3) is 0 Å². The van der Waals surface area contributed by atoms with Crippen molar-refractivity contribution in [3.8, 4) is 72.7 Å². The number of nitrogens with zero attached hydrogens (tertiary/aromatic N) is 7. The van der Waals surface area contributed by atoms with Crippen LogP contribution in [0.3, 0.4) is 0 Å². The fraction of sp³-hybridized carbons (Fsp3) is 0. The molecule has 0 aliphatic carbocycles. The van der Waals surface area contributed by atoms with Crippen molar-refractivity contribution >= 4 is 166 Å². The second-order valence-electron chi connectivity index (χ2n) is 34.6. The minimum absolute atomic E-state index is 1.08. The number of benzene rings is 22. The van der Waals surface area contributed by atoms with E-state index in [0.29, 0.717) is 0 Å². The summed E-state index contributed by atoms with van der Waals surface area (Å²) in [4.78, 5) is 9.70. The summed E-state index contributed by atoms with van der Waals surface area (Å²) in [5.41, 5.74) is 36.4. The van der Waals surface area contributed by atoms with Gasteiger partial charge in [-0.3, -0.25) is 0 Å². The quantitative estimate of drug-likeness (QED) is 0.108. The molecule has 2 aliphatic rings. The third kappa shape index (κ3) is 12.6. The van der Waals surface area contributed by atoms with Gasteiger partial charge >= 0.3 is 0 Å². The maximum Gasteiger partial charge on any atom is 0.0546 e. The molecule has 3 aromatic heterocycles. The maximum absolute atomic E-state index is 2.45. The minimum atomic E-state index is 1.08. The van der Waals surface area contributed by atoms with Crippen LogP contribution in [0.2, 0.25) is 0 Å². The molecule has 27 rings (SSSR count). The average Bonchev–Trinajstić information content (AvgIpc) is 1.71. The molecule has 2 aliphatic heterocycles. The number of fused-ring (bicyclic) bond motifs is 14. The van der Waals surface area contributed by atoms with Gasteiger partial charge in [0, 0.05) is 116 Å². The summed E-state index contributed by atoms with van der Waals surface area (Å²) in [6.07, 6.45) is 0. The molecule has 0 saturated heterocycles. The van der Waals surface area contributed by atoms with Gasteiger partial charge < -0.3 is 33.3 Å². The van der Waals surface area contributed by atoms with E-state index in [9.17, 15) is 0 Å². The van der Waals surface area contributed by atoms with Gasteiger partial charge in [0.2, 0.25) is 0 Å². The molecule has 5 heterocycles. The van der Waals surface area contributed by atoms with Crippen molar-refractivity contribution < 1.29 is 0 Å². The Morgan fingerprint density at radius 2 is 0.421 bits per heavy atom. The van der Waals surface area contributed by atoms with E-state index in [0.717, 1.165) is 62.6 Å². The van der Waals surface area contributed by atoms with Crippen LogP contribution in [0.5, 0.6) is 0 Å². The summed E-state index contributed by atoms with van der Waals surface area (Å²) < 4.78 is 7.15. The highest BCUT2D eigenvalue weighted by molar-refractivity contribution is 6.21. The lowest BCUT2D eigenvalue weighted by molar-refractivity contribution is 1.18. The van der Waals surface area contributed by atoms with Crippen molar-refractivity contribution in [2.24, 2.45) is 0 Å².